The molecule has 0 bridgehead atoms. The van der Waals surface area contributed by atoms with Gasteiger partial charge in [-0.2, -0.15) is 0 Å². The first-order valence-corrected chi connectivity index (χ1v) is 11.4. The zero-order chi connectivity index (χ0) is 24.3. The fraction of sp³-hybridized carbons (Fsp3) is 0.321. The van der Waals surface area contributed by atoms with Crippen molar-refractivity contribution >= 4 is 5.91 Å². The molecule has 1 unspecified atom stereocenters. The van der Waals surface area contributed by atoms with Crippen LogP contribution in [0.25, 0.3) is 11.1 Å². The number of ether oxygens (including phenoxy) is 1. The number of carbonyl (C=O) groups is 1. The third-order valence-electron chi connectivity index (χ3n) is 6.99. The number of benzene rings is 3. The summed E-state index contributed by atoms with van der Waals surface area (Å²) in [6, 6.07) is 17.1. The van der Waals surface area contributed by atoms with Crippen molar-refractivity contribution in [2.24, 2.45) is 0 Å². The van der Waals surface area contributed by atoms with Crippen LogP contribution in [0.5, 0.6) is 0 Å². The normalized spacial score (nSPS) is 19.3. The second kappa shape index (κ2) is 10.0. The molecule has 0 radical (unpaired) electrons. The molecular formula is C28H28F3NO2. The first kappa shape index (κ1) is 24.0. The van der Waals surface area contributed by atoms with Crippen LogP contribution in [0.1, 0.15) is 43.4 Å². The molecule has 6 heteroatoms. The number of amides is 1. The molecule has 1 heterocycles. The van der Waals surface area contributed by atoms with Crippen LogP contribution >= 0.6 is 0 Å². The van der Waals surface area contributed by atoms with E-state index in [1.165, 1.54) is 24.3 Å². The highest BCUT2D eigenvalue weighted by Gasteiger charge is 2.41. The van der Waals surface area contributed by atoms with Crippen molar-refractivity contribution < 1.29 is 22.7 Å². The largest absolute Gasteiger partial charge is 0.385 e. The fourth-order valence-corrected chi connectivity index (χ4v) is 4.90. The van der Waals surface area contributed by atoms with E-state index >= 15 is 0 Å². The van der Waals surface area contributed by atoms with Crippen LogP contribution in [-0.4, -0.2) is 31.1 Å². The van der Waals surface area contributed by atoms with Gasteiger partial charge in [0.2, 0.25) is 5.91 Å². The van der Waals surface area contributed by atoms with E-state index in [4.69, 9.17) is 4.74 Å². The molecule has 3 nitrogen and oxygen atoms in total. The molecule has 0 spiro atoms. The molecule has 34 heavy (non-hydrogen) atoms. The molecule has 1 amide bonds. The van der Waals surface area contributed by atoms with Gasteiger partial charge in [-0.25, -0.2) is 13.2 Å². The van der Waals surface area contributed by atoms with E-state index in [0.29, 0.717) is 37.1 Å². The summed E-state index contributed by atoms with van der Waals surface area (Å²) in [6.45, 7) is 3.06. The van der Waals surface area contributed by atoms with Gasteiger partial charge in [-0.3, -0.25) is 4.79 Å². The average Bonchev–Trinajstić information content (AvgIpc) is 2.83. The molecule has 0 N–H and O–H groups in total. The maximum absolute atomic E-state index is 14.1. The van der Waals surface area contributed by atoms with Crippen molar-refractivity contribution in [2.45, 2.75) is 37.6 Å². The third kappa shape index (κ3) is 4.87. The Morgan fingerprint density at radius 2 is 1.65 bits per heavy atom. The van der Waals surface area contributed by atoms with Gasteiger partial charge in [0, 0.05) is 43.7 Å². The van der Waals surface area contributed by atoms with Crippen molar-refractivity contribution in [1.82, 2.24) is 4.90 Å². The van der Waals surface area contributed by atoms with Crippen LogP contribution in [-0.2, 0) is 14.9 Å². The van der Waals surface area contributed by atoms with Crippen LogP contribution in [0, 0.1) is 17.5 Å². The van der Waals surface area contributed by atoms with E-state index in [2.05, 4.69) is 0 Å². The molecule has 4 rings (SSSR count). The number of rotatable bonds is 7. The van der Waals surface area contributed by atoms with Gasteiger partial charge in [-0.05, 0) is 60.7 Å². The molecule has 1 fully saturated rings. The van der Waals surface area contributed by atoms with Crippen LogP contribution in [0.2, 0.25) is 0 Å². The summed E-state index contributed by atoms with van der Waals surface area (Å²) in [5.74, 6) is -1.49. The quantitative estimate of drug-likeness (QED) is 0.401. The third-order valence-corrected chi connectivity index (χ3v) is 6.99. The lowest BCUT2D eigenvalue weighted by Crippen LogP contribution is -2.47. The number of likely N-dealkylation sites (tertiary alicyclic amines) is 1. The maximum Gasteiger partial charge on any atom is 0.223 e. The molecule has 178 valence electrons. The zero-order valence-corrected chi connectivity index (χ0v) is 19.4. The van der Waals surface area contributed by atoms with Gasteiger partial charge >= 0.3 is 0 Å². The first-order chi connectivity index (χ1) is 16.3. The van der Waals surface area contributed by atoms with Gasteiger partial charge in [0.1, 0.15) is 17.5 Å². The SMILES string of the molecule is COCCC1(c2ccc(F)cc2)CCN([C@@H](C)c2ccc(-c3ccc(F)cc3F)cc2)C(=O)C1. The number of hydrogen-bond acceptors (Lipinski definition) is 2. The minimum atomic E-state index is -0.614. The summed E-state index contributed by atoms with van der Waals surface area (Å²) >= 11 is 0. The Morgan fingerprint density at radius 1 is 0.971 bits per heavy atom. The molecule has 2 atom stereocenters. The van der Waals surface area contributed by atoms with Crippen molar-refractivity contribution in [1.29, 1.82) is 0 Å². The van der Waals surface area contributed by atoms with E-state index in [-0.39, 0.29) is 23.2 Å². The van der Waals surface area contributed by atoms with Gasteiger partial charge in [0.05, 0.1) is 6.04 Å². The molecule has 1 saturated heterocycles. The first-order valence-electron chi connectivity index (χ1n) is 11.4. The van der Waals surface area contributed by atoms with Crippen molar-refractivity contribution in [3.05, 3.63) is 95.3 Å². The predicted molar refractivity (Wildman–Crippen MR) is 126 cm³/mol. The molecular weight excluding hydrogens is 439 g/mol. The Morgan fingerprint density at radius 3 is 2.26 bits per heavy atom. The Hall–Kier alpha value is -3.12. The highest BCUT2D eigenvalue weighted by atomic mass is 19.1. The number of carbonyl (C=O) groups excluding carboxylic acids is 1. The Balaban J connectivity index is 1.52. The number of methoxy groups -OCH3 is 1. The zero-order valence-electron chi connectivity index (χ0n) is 19.4. The molecule has 0 aliphatic carbocycles. The summed E-state index contributed by atoms with van der Waals surface area (Å²) < 4.78 is 46.2. The number of nitrogens with zero attached hydrogens (tertiary/aromatic N) is 1. The van der Waals surface area contributed by atoms with E-state index in [0.717, 1.165) is 23.6 Å². The molecule has 3 aromatic carbocycles. The standard InChI is InChI=1S/C28H28F3NO2/c1-19(20-3-5-21(6-4-20)25-12-11-24(30)17-26(25)31)32-15-13-28(14-16-34-2,18-27(32)33)22-7-9-23(29)10-8-22/h3-12,17,19H,13-16,18H2,1-2H3/t19-,28?/m0/s1. The van der Waals surface area contributed by atoms with E-state index in [1.807, 2.05) is 24.0 Å². The molecule has 0 aromatic heterocycles. The van der Waals surface area contributed by atoms with Crippen LogP contribution in [0.3, 0.4) is 0 Å². The van der Waals surface area contributed by atoms with Crippen molar-refractivity contribution in [3.63, 3.8) is 0 Å². The smallest absolute Gasteiger partial charge is 0.223 e. The monoisotopic (exact) mass is 467 g/mol. The second-order valence-corrected chi connectivity index (χ2v) is 8.97. The van der Waals surface area contributed by atoms with E-state index in [1.54, 1.807) is 31.4 Å². The summed E-state index contributed by atoms with van der Waals surface area (Å²) in [4.78, 5) is 15.2. The van der Waals surface area contributed by atoms with E-state index in [9.17, 15) is 18.0 Å². The minimum absolute atomic E-state index is 0.0350. The van der Waals surface area contributed by atoms with Crippen molar-refractivity contribution in [2.75, 3.05) is 20.3 Å². The number of piperidine rings is 1. The van der Waals surface area contributed by atoms with Crippen molar-refractivity contribution in [3.8, 4) is 11.1 Å². The van der Waals surface area contributed by atoms with Gasteiger partial charge in [0.25, 0.3) is 0 Å². The number of halogens is 3. The fourth-order valence-electron chi connectivity index (χ4n) is 4.90. The second-order valence-electron chi connectivity index (χ2n) is 8.97. The predicted octanol–water partition coefficient (Wildman–Crippen LogP) is 6.43. The lowest BCUT2D eigenvalue weighted by molar-refractivity contribution is -0.138. The lowest BCUT2D eigenvalue weighted by Gasteiger charge is -2.44. The van der Waals surface area contributed by atoms with Crippen LogP contribution in [0.4, 0.5) is 13.2 Å². The van der Waals surface area contributed by atoms with Gasteiger partial charge < -0.3 is 9.64 Å². The Labute approximate surface area is 198 Å². The molecule has 1 aliphatic heterocycles. The highest BCUT2D eigenvalue weighted by molar-refractivity contribution is 5.79. The lowest BCUT2D eigenvalue weighted by atomic mass is 9.70. The molecule has 3 aromatic rings. The Bertz CT molecular complexity index is 1150. The van der Waals surface area contributed by atoms with E-state index < -0.39 is 11.6 Å². The van der Waals surface area contributed by atoms with Gasteiger partial charge in [0.15, 0.2) is 0 Å². The van der Waals surface area contributed by atoms with Gasteiger partial charge in [-0.1, -0.05) is 36.4 Å². The summed E-state index contributed by atoms with van der Waals surface area (Å²) in [5.41, 5.74) is 2.48. The summed E-state index contributed by atoms with van der Waals surface area (Å²) in [7, 11) is 1.64. The summed E-state index contributed by atoms with van der Waals surface area (Å²) in [5, 5.41) is 0. The maximum atomic E-state index is 14.1. The van der Waals surface area contributed by atoms with Crippen LogP contribution < -0.4 is 0 Å². The topological polar surface area (TPSA) is 29.5 Å². The molecule has 1 aliphatic rings. The summed E-state index contributed by atoms with van der Waals surface area (Å²) in [6.07, 6.45) is 1.75. The Kier molecular flexibility index (Phi) is 7.08. The highest BCUT2D eigenvalue weighted by Crippen LogP contribution is 2.41. The number of hydrogen-bond donors (Lipinski definition) is 0. The molecule has 0 saturated carbocycles. The average molecular weight is 468 g/mol. The van der Waals surface area contributed by atoms with Gasteiger partial charge in [-0.15, -0.1) is 0 Å². The minimum Gasteiger partial charge on any atom is -0.385 e. The van der Waals surface area contributed by atoms with Crippen LogP contribution in [0.15, 0.2) is 66.7 Å².